The lowest BCUT2D eigenvalue weighted by molar-refractivity contribution is 0.0704. The van der Waals surface area contributed by atoms with Gasteiger partial charge >= 0.3 is 0 Å². The van der Waals surface area contributed by atoms with E-state index >= 15 is 0 Å². The highest BCUT2D eigenvalue weighted by atomic mass is 16.2. The van der Waals surface area contributed by atoms with Crippen LogP contribution in [0.2, 0.25) is 0 Å². The Morgan fingerprint density at radius 2 is 1.66 bits per heavy atom. The van der Waals surface area contributed by atoms with Crippen molar-refractivity contribution in [1.82, 2.24) is 29.4 Å². The first-order valence-corrected chi connectivity index (χ1v) is 12.7. The normalized spacial score (nSPS) is 18.2. The van der Waals surface area contributed by atoms with Gasteiger partial charge in [-0.25, -0.2) is 4.68 Å². The van der Waals surface area contributed by atoms with Crippen LogP contribution in [0.3, 0.4) is 0 Å². The Kier molecular flexibility index (Phi) is 5.90. The first-order valence-electron chi connectivity index (χ1n) is 12.7. The van der Waals surface area contributed by atoms with Crippen LogP contribution in [0.5, 0.6) is 0 Å². The topological polar surface area (TPSA) is 68.8 Å². The molecule has 1 fully saturated rings. The number of carbonyl (C=O) groups is 1. The van der Waals surface area contributed by atoms with Crippen molar-refractivity contribution in [3.8, 4) is 16.9 Å². The third-order valence-corrected chi connectivity index (χ3v) is 7.22. The van der Waals surface area contributed by atoms with Gasteiger partial charge in [0.1, 0.15) is 17.3 Å². The van der Waals surface area contributed by atoms with Gasteiger partial charge in [-0.2, -0.15) is 5.10 Å². The number of likely N-dealkylation sites (tertiary alicyclic amines) is 1. The molecule has 4 heterocycles. The summed E-state index contributed by atoms with van der Waals surface area (Å²) in [5, 5.41) is 14.0. The third kappa shape index (κ3) is 4.27. The largest absolute Gasteiger partial charge is 0.338 e. The molecular weight excluding hydrogens is 436 g/mol. The van der Waals surface area contributed by atoms with Crippen molar-refractivity contribution in [2.45, 2.75) is 51.0 Å². The monoisotopic (exact) mass is 466 g/mol. The molecule has 7 heteroatoms. The molecule has 0 radical (unpaired) electrons. The quantitative estimate of drug-likeness (QED) is 0.430. The molecule has 1 amide bonds. The minimum atomic E-state index is 0.0336. The first-order chi connectivity index (χ1) is 17.3. The maximum atomic E-state index is 13.9. The predicted molar refractivity (Wildman–Crippen MR) is 134 cm³/mol. The molecule has 2 aliphatic heterocycles. The molecule has 2 aromatic carbocycles. The number of benzene rings is 2. The highest BCUT2D eigenvalue weighted by Crippen LogP contribution is 2.31. The summed E-state index contributed by atoms with van der Waals surface area (Å²) in [4.78, 5) is 15.9. The summed E-state index contributed by atoms with van der Waals surface area (Å²) in [5.74, 6) is 2.42. The van der Waals surface area contributed by atoms with Crippen molar-refractivity contribution in [1.29, 1.82) is 0 Å². The predicted octanol–water partition coefficient (Wildman–Crippen LogP) is 4.88. The number of aromatic nitrogens is 5. The SMILES string of the molecule is O=C(c1cn(-c2ccccc2)nc1-c1ccccc1)N1CCC[C@@H](c2nnc3n2CCCCC3)C1. The molecule has 0 N–H and O–H groups in total. The summed E-state index contributed by atoms with van der Waals surface area (Å²) < 4.78 is 4.14. The lowest BCUT2D eigenvalue weighted by Crippen LogP contribution is -2.40. The smallest absolute Gasteiger partial charge is 0.257 e. The summed E-state index contributed by atoms with van der Waals surface area (Å²) in [5.41, 5.74) is 3.24. The zero-order chi connectivity index (χ0) is 23.6. The van der Waals surface area contributed by atoms with Gasteiger partial charge in [-0.05, 0) is 37.8 Å². The van der Waals surface area contributed by atoms with Crippen molar-refractivity contribution >= 4 is 5.91 Å². The number of rotatable bonds is 4. The highest BCUT2D eigenvalue weighted by molar-refractivity contribution is 6.00. The van der Waals surface area contributed by atoms with Gasteiger partial charge in [0.15, 0.2) is 0 Å². The highest BCUT2D eigenvalue weighted by Gasteiger charge is 2.31. The van der Waals surface area contributed by atoms with Crippen LogP contribution < -0.4 is 0 Å². The van der Waals surface area contributed by atoms with Crippen molar-refractivity contribution in [3.63, 3.8) is 0 Å². The summed E-state index contributed by atoms with van der Waals surface area (Å²) in [6.45, 7) is 2.41. The van der Waals surface area contributed by atoms with Crippen LogP contribution in [0.25, 0.3) is 16.9 Å². The Morgan fingerprint density at radius 1 is 0.857 bits per heavy atom. The Hall–Kier alpha value is -3.74. The molecule has 1 atom stereocenters. The Balaban J connectivity index is 1.32. The number of para-hydroxylation sites is 1. The first kappa shape index (κ1) is 21.8. The maximum Gasteiger partial charge on any atom is 0.257 e. The van der Waals surface area contributed by atoms with Gasteiger partial charge in [-0.1, -0.05) is 55.0 Å². The minimum Gasteiger partial charge on any atom is -0.338 e. The van der Waals surface area contributed by atoms with Crippen molar-refractivity contribution in [2.75, 3.05) is 13.1 Å². The van der Waals surface area contributed by atoms with E-state index in [1.54, 1.807) is 0 Å². The average Bonchev–Trinajstić information content (AvgIpc) is 3.47. The lowest BCUT2D eigenvalue weighted by Gasteiger charge is -2.32. The van der Waals surface area contributed by atoms with Gasteiger partial charge < -0.3 is 9.47 Å². The van der Waals surface area contributed by atoms with Gasteiger partial charge in [-0.3, -0.25) is 4.79 Å². The molecule has 6 rings (SSSR count). The molecule has 0 unspecified atom stereocenters. The molecule has 1 saturated heterocycles. The van der Waals surface area contributed by atoms with Crippen LogP contribution in [0, 0.1) is 0 Å². The molecule has 35 heavy (non-hydrogen) atoms. The Labute approximate surface area is 205 Å². The Bertz CT molecular complexity index is 1310. The number of hydrogen-bond donors (Lipinski definition) is 0. The van der Waals surface area contributed by atoms with Gasteiger partial charge in [0.05, 0.1) is 11.3 Å². The second kappa shape index (κ2) is 9.49. The number of hydrogen-bond acceptors (Lipinski definition) is 4. The van der Waals surface area contributed by atoms with E-state index in [2.05, 4.69) is 14.8 Å². The minimum absolute atomic E-state index is 0.0336. The average molecular weight is 467 g/mol. The molecule has 178 valence electrons. The van der Waals surface area contributed by atoms with Crippen LogP contribution in [-0.4, -0.2) is 48.4 Å². The molecule has 2 aliphatic rings. The van der Waals surface area contributed by atoms with E-state index in [0.29, 0.717) is 12.1 Å². The molecule has 7 nitrogen and oxygen atoms in total. The summed E-state index contributed by atoms with van der Waals surface area (Å²) in [6, 6.07) is 19.9. The number of fused-ring (bicyclic) bond motifs is 1. The molecule has 2 aromatic heterocycles. The van der Waals surface area contributed by atoms with Gasteiger partial charge in [-0.15, -0.1) is 10.2 Å². The number of aryl methyl sites for hydroxylation is 1. The van der Waals surface area contributed by atoms with Crippen molar-refractivity contribution < 1.29 is 4.79 Å². The van der Waals surface area contributed by atoms with E-state index < -0.39 is 0 Å². The van der Waals surface area contributed by atoms with E-state index in [1.807, 2.05) is 76.4 Å². The second-order valence-corrected chi connectivity index (χ2v) is 9.56. The molecule has 0 spiro atoms. The lowest BCUT2D eigenvalue weighted by atomic mass is 9.96. The third-order valence-electron chi connectivity index (χ3n) is 7.22. The summed E-state index contributed by atoms with van der Waals surface area (Å²) >= 11 is 0. The fourth-order valence-electron chi connectivity index (χ4n) is 5.40. The number of carbonyl (C=O) groups excluding carboxylic acids is 1. The molecular formula is C28H30N6O. The van der Waals surface area contributed by atoms with Crippen LogP contribution in [-0.2, 0) is 13.0 Å². The van der Waals surface area contributed by atoms with Crippen LogP contribution >= 0.6 is 0 Å². The molecule has 0 aliphatic carbocycles. The van der Waals surface area contributed by atoms with Crippen LogP contribution in [0.1, 0.15) is 60.0 Å². The van der Waals surface area contributed by atoms with Crippen molar-refractivity contribution in [3.05, 3.63) is 84.1 Å². The fourth-order valence-corrected chi connectivity index (χ4v) is 5.40. The number of amides is 1. The summed E-state index contributed by atoms with van der Waals surface area (Å²) in [7, 11) is 0. The summed E-state index contributed by atoms with van der Waals surface area (Å²) in [6.07, 6.45) is 8.48. The molecule has 4 aromatic rings. The van der Waals surface area contributed by atoms with E-state index in [1.165, 1.54) is 19.3 Å². The van der Waals surface area contributed by atoms with Gasteiger partial charge in [0.2, 0.25) is 0 Å². The zero-order valence-corrected chi connectivity index (χ0v) is 19.9. The van der Waals surface area contributed by atoms with E-state index in [-0.39, 0.29) is 11.8 Å². The molecule has 0 saturated carbocycles. The van der Waals surface area contributed by atoms with E-state index in [4.69, 9.17) is 5.10 Å². The molecule has 0 bridgehead atoms. The van der Waals surface area contributed by atoms with E-state index in [9.17, 15) is 4.79 Å². The van der Waals surface area contributed by atoms with Crippen LogP contribution in [0.15, 0.2) is 66.9 Å². The van der Waals surface area contributed by atoms with Gasteiger partial charge in [0.25, 0.3) is 5.91 Å². The van der Waals surface area contributed by atoms with E-state index in [0.717, 1.165) is 60.9 Å². The number of piperidine rings is 1. The standard InChI is InChI=1S/C28H30N6O/c35-28(32-17-10-13-22(19-32)27-30-29-25-16-8-3-9-18-33(25)27)24-20-34(23-14-6-2-7-15-23)31-26(24)21-11-4-1-5-12-21/h1-2,4-7,11-12,14-15,20,22H,3,8-10,13,16-19H2/t22-/m1/s1. The van der Waals surface area contributed by atoms with Gasteiger partial charge in [0, 0.05) is 43.7 Å². The number of nitrogens with zero attached hydrogens (tertiary/aromatic N) is 6. The maximum absolute atomic E-state index is 13.9. The van der Waals surface area contributed by atoms with Crippen LogP contribution in [0.4, 0.5) is 0 Å². The Morgan fingerprint density at radius 3 is 2.49 bits per heavy atom. The second-order valence-electron chi connectivity index (χ2n) is 9.56. The fraction of sp³-hybridized carbons (Fsp3) is 0.357. The van der Waals surface area contributed by atoms with Crippen molar-refractivity contribution in [2.24, 2.45) is 0 Å². The zero-order valence-electron chi connectivity index (χ0n) is 19.9.